The van der Waals surface area contributed by atoms with Gasteiger partial charge in [-0.2, -0.15) is 0 Å². The normalized spacial score (nSPS) is 12.7. The molecule has 0 unspecified atom stereocenters. The fourth-order valence-electron chi connectivity index (χ4n) is 2.77. The molecule has 2 atom stereocenters. The van der Waals surface area contributed by atoms with Crippen LogP contribution in [0.3, 0.4) is 0 Å². The summed E-state index contributed by atoms with van der Waals surface area (Å²) in [7, 11) is 0. The average Bonchev–Trinajstić information content (AvgIpc) is 2.67. The average molecular weight is 406 g/mol. The van der Waals surface area contributed by atoms with Gasteiger partial charge in [-0.05, 0) is 42.7 Å². The van der Waals surface area contributed by atoms with Crippen LogP contribution in [0.25, 0.3) is 0 Å². The molecule has 0 heterocycles. The molecule has 150 valence electrons. The summed E-state index contributed by atoms with van der Waals surface area (Å²) in [6.07, 6.45) is 1.24. The number of carbonyl (C=O) groups excluding carboxylic acids is 2. The van der Waals surface area contributed by atoms with Gasteiger partial charge in [0, 0.05) is 11.6 Å². The standard InChI is InChI=1S/C21H25ClFN3O2/c1-3-6-19(20(27)25-14(2)17-7-4-5-8-18(17)22)26-21(28)24-13-15-9-11-16(23)12-10-15/h4-5,7-12,14,19H,3,6,13H2,1-2H3,(H,25,27)(H2,24,26,28)/t14-,19+/m0/s1. The Balaban J connectivity index is 1.91. The largest absolute Gasteiger partial charge is 0.348 e. The van der Waals surface area contributed by atoms with Crippen molar-refractivity contribution in [1.82, 2.24) is 16.0 Å². The van der Waals surface area contributed by atoms with Gasteiger partial charge in [-0.1, -0.05) is 55.3 Å². The van der Waals surface area contributed by atoms with E-state index in [0.29, 0.717) is 11.4 Å². The smallest absolute Gasteiger partial charge is 0.315 e. The third-order valence-corrected chi connectivity index (χ3v) is 4.64. The number of carbonyl (C=O) groups is 2. The molecule has 2 rings (SSSR count). The minimum absolute atomic E-state index is 0.239. The number of hydrogen-bond donors (Lipinski definition) is 3. The second-order valence-corrected chi connectivity index (χ2v) is 6.95. The number of urea groups is 1. The molecule has 3 amide bonds. The Morgan fingerprint density at radius 1 is 1.07 bits per heavy atom. The Kier molecular flexibility index (Phi) is 8.26. The number of amides is 3. The second kappa shape index (κ2) is 10.7. The molecule has 0 aliphatic carbocycles. The van der Waals surface area contributed by atoms with Crippen LogP contribution in [0.2, 0.25) is 5.02 Å². The fraction of sp³-hybridized carbons (Fsp3) is 0.333. The second-order valence-electron chi connectivity index (χ2n) is 6.55. The molecule has 7 heteroatoms. The van der Waals surface area contributed by atoms with Crippen molar-refractivity contribution < 1.29 is 14.0 Å². The Morgan fingerprint density at radius 2 is 1.75 bits per heavy atom. The summed E-state index contributed by atoms with van der Waals surface area (Å²) >= 11 is 6.18. The Bertz CT molecular complexity index is 798. The van der Waals surface area contributed by atoms with Crippen molar-refractivity contribution in [2.24, 2.45) is 0 Å². The quantitative estimate of drug-likeness (QED) is 0.612. The summed E-state index contributed by atoms with van der Waals surface area (Å²) < 4.78 is 12.9. The summed E-state index contributed by atoms with van der Waals surface area (Å²) in [4.78, 5) is 24.8. The van der Waals surface area contributed by atoms with E-state index in [2.05, 4.69) is 16.0 Å². The first-order chi connectivity index (χ1) is 13.4. The van der Waals surface area contributed by atoms with Gasteiger partial charge in [0.2, 0.25) is 5.91 Å². The molecule has 2 aromatic rings. The summed E-state index contributed by atoms with van der Waals surface area (Å²) in [6, 6.07) is 11.7. The van der Waals surface area contributed by atoms with Crippen LogP contribution < -0.4 is 16.0 Å². The number of hydrogen-bond acceptors (Lipinski definition) is 2. The lowest BCUT2D eigenvalue weighted by atomic mass is 10.1. The van der Waals surface area contributed by atoms with Crippen LogP contribution >= 0.6 is 11.6 Å². The van der Waals surface area contributed by atoms with Crippen molar-refractivity contribution in [2.75, 3.05) is 0 Å². The van der Waals surface area contributed by atoms with Crippen molar-refractivity contribution in [3.05, 3.63) is 70.5 Å². The maximum Gasteiger partial charge on any atom is 0.315 e. The van der Waals surface area contributed by atoms with Crippen molar-refractivity contribution in [1.29, 1.82) is 0 Å². The number of benzene rings is 2. The molecule has 0 saturated carbocycles. The molecular weight excluding hydrogens is 381 g/mol. The minimum Gasteiger partial charge on any atom is -0.348 e. The van der Waals surface area contributed by atoms with Crippen LogP contribution in [0.5, 0.6) is 0 Å². The SMILES string of the molecule is CCC[C@@H](NC(=O)NCc1ccc(F)cc1)C(=O)N[C@@H](C)c1ccccc1Cl. The molecule has 28 heavy (non-hydrogen) atoms. The van der Waals surface area contributed by atoms with Gasteiger partial charge in [0.25, 0.3) is 0 Å². The predicted molar refractivity (Wildman–Crippen MR) is 108 cm³/mol. The predicted octanol–water partition coefficient (Wildman–Crippen LogP) is 4.32. The van der Waals surface area contributed by atoms with Gasteiger partial charge in [0.1, 0.15) is 11.9 Å². The molecular formula is C21H25ClFN3O2. The van der Waals surface area contributed by atoms with Crippen LogP contribution in [-0.2, 0) is 11.3 Å². The number of rotatable bonds is 8. The highest BCUT2D eigenvalue weighted by molar-refractivity contribution is 6.31. The van der Waals surface area contributed by atoms with E-state index in [0.717, 1.165) is 17.5 Å². The van der Waals surface area contributed by atoms with Crippen LogP contribution in [0.4, 0.5) is 9.18 Å². The summed E-state index contributed by atoms with van der Waals surface area (Å²) in [5.41, 5.74) is 1.58. The lowest BCUT2D eigenvalue weighted by molar-refractivity contribution is -0.123. The molecule has 0 radical (unpaired) electrons. The Hall–Kier alpha value is -2.60. The lowest BCUT2D eigenvalue weighted by Crippen LogP contribution is -2.50. The summed E-state index contributed by atoms with van der Waals surface area (Å²) in [5.74, 6) is -0.605. The molecule has 0 spiro atoms. The van der Waals surface area contributed by atoms with Crippen LogP contribution in [0, 0.1) is 5.82 Å². The highest BCUT2D eigenvalue weighted by Gasteiger charge is 2.22. The van der Waals surface area contributed by atoms with E-state index < -0.39 is 12.1 Å². The van der Waals surface area contributed by atoms with Gasteiger partial charge in [0.05, 0.1) is 6.04 Å². The van der Waals surface area contributed by atoms with Gasteiger partial charge >= 0.3 is 6.03 Å². The zero-order chi connectivity index (χ0) is 20.5. The van der Waals surface area contributed by atoms with Crippen molar-refractivity contribution in [3.8, 4) is 0 Å². The lowest BCUT2D eigenvalue weighted by Gasteiger charge is -2.22. The highest BCUT2D eigenvalue weighted by atomic mass is 35.5. The molecule has 2 aromatic carbocycles. The number of nitrogens with one attached hydrogen (secondary N) is 3. The first-order valence-corrected chi connectivity index (χ1v) is 9.62. The first-order valence-electron chi connectivity index (χ1n) is 9.24. The molecule has 0 aliphatic rings. The fourth-order valence-corrected chi connectivity index (χ4v) is 3.07. The van der Waals surface area contributed by atoms with Crippen LogP contribution in [0.1, 0.15) is 43.9 Å². The molecule has 0 fully saturated rings. The maximum atomic E-state index is 12.9. The van der Waals surface area contributed by atoms with Crippen LogP contribution in [0.15, 0.2) is 48.5 Å². The van der Waals surface area contributed by atoms with E-state index >= 15 is 0 Å². The van der Waals surface area contributed by atoms with Gasteiger partial charge in [-0.15, -0.1) is 0 Å². The van der Waals surface area contributed by atoms with E-state index in [4.69, 9.17) is 11.6 Å². The van der Waals surface area contributed by atoms with E-state index in [9.17, 15) is 14.0 Å². The van der Waals surface area contributed by atoms with Gasteiger partial charge in [-0.3, -0.25) is 4.79 Å². The van der Waals surface area contributed by atoms with Crippen molar-refractivity contribution in [2.45, 2.75) is 45.3 Å². The third kappa shape index (κ3) is 6.53. The van der Waals surface area contributed by atoms with Gasteiger partial charge < -0.3 is 16.0 Å². The van der Waals surface area contributed by atoms with Gasteiger partial charge in [0.15, 0.2) is 0 Å². The van der Waals surface area contributed by atoms with Gasteiger partial charge in [-0.25, -0.2) is 9.18 Å². The zero-order valence-corrected chi connectivity index (χ0v) is 16.7. The van der Waals surface area contributed by atoms with Crippen LogP contribution in [-0.4, -0.2) is 18.0 Å². The molecule has 5 nitrogen and oxygen atoms in total. The molecule has 0 bridgehead atoms. The van der Waals surface area contributed by atoms with E-state index in [1.54, 1.807) is 18.2 Å². The molecule has 3 N–H and O–H groups in total. The topological polar surface area (TPSA) is 70.2 Å². The number of halogens is 2. The monoisotopic (exact) mass is 405 g/mol. The molecule has 0 aromatic heterocycles. The zero-order valence-electron chi connectivity index (χ0n) is 16.0. The Labute approximate surface area is 169 Å². The van der Waals surface area contributed by atoms with E-state index in [1.165, 1.54) is 12.1 Å². The van der Waals surface area contributed by atoms with E-state index in [1.807, 2.05) is 32.0 Å². The highest BCUT2D eigenvalue weighted by Crippen LogP contribution is 2.22. The van der Waals surface area contributed by atoms with E-state index in [-0.39, 0.29) is 24.3 Å². The van der Waals surface area contributed by atoms with Crippen molar-refractivity contribution in [3.63, 3.8) is 0 Å². The minimum atomic E-state index is -0.664. The maximum absolute atomic E-state index is 12.9. The summed E-state index contributed by atoms with van der Waals surface area (Å²) in [5, 5.41) is 8.86. The Morgan fingerprint density at radius 3 is 2.39 bits per heavy atom. The first kappa shape index (κ1) is 21.7. The summed E-state index contributed by atoms with van der Waals surface area (Å²) in [6.45, 7) is 4.02. The third-order valence-electron chi connectivity index (χ3n) is 4.30. The molecule has 0 aliphatic heterocycles. The van der Waals surface area contributed by atoms with Crippen molar-refractivity contribution >= 4 is 23.5 Å². The molecule has 0 saturated heterocycles.